The first-order valence-electron chi connectivity index (χ1n) is 42.0. The number of alkyl halides is 4. The maximum atomic E-state index is 12.9. The van der Waals surface area contributed by atoms with Crippen molar-refractivity contribution in [1.29, 1.82) is 0 Å². The Bertz CT molecular complexity index is 5790. The number of benzene rings is 7. The number of methoxy groups -OCH3 is 2. The first-order chi connectivity index (χ1) is 64.7. The Morgan fingerprint density at radius 3 is 1.46 bits per heavy atom. The number of aromatic hydroxyl groups is 1. The molecule has 34 nitrogen and oxygen atoms in total. The number of epoxide rings is 2. The summed E-state index contributed by atoms with van der Waals surface area (Å²) in [5.41, 5.74) is 22.7. The number of carboxylic acid groups (broad SMARTS) is 1. The van der Waals surface area contributed by atoms with Crippen LogP contribution in [0.4, 0.5) is 0 Å². The molecule has 15 N–H and O–H groups in total. The molecule has 5 amide bonds. The fourth-order valence-electron chi connectivity index (χ4n) is 13.1. The number of nitrogens with two attached hydrogens (primary N) is 3. The van der Waals surface area contributed by atoms with Crippen molar-refractivity contribution in [2.24, 2.45) is 23.1 Å². The van der Waals surface area contributed by atoms with Gasteiger partial charge in [0.05, 0.1) is 92.6 Å². The predicted octanol–water partition coefficient (Wildman–Crippen LogP) is 7.19. The van der Waals surface area contributed by atoms with E-state index in [0.29, 0.717) is 82.1 Å². The topological polar surface area (TPSA) is 518 Å². The molecule has 0 spiro atoms. The van der Waals surface area contributed by atoms with Crippen LogP contribution in [0.3, 0.4) is 0 Å². The zero-order chi connectivity index (χ0) is 99.2. The molecule has 4 aliphatic heterocycles. The monoisotopic (exact) mass is 2110 g/mol. The quantitative estimate of drug-likeness (QED) is 0.00378. The van der Waals surface area contributed by atoms with Crippen LogP contribution in [0.5, 0.6) is 23.0 Å². The molecule has 3 aromatic heterocycles. The normalized spacial score (nSPS) is 14.9. The molecule has 728 valence electrons. The van der Waals surface area contributed by atoms with Gasteiger partial charge >= 0.3 is 47.5 Å². The summed E-state index contributed by atoms with van der Waals surface area (Å²) in [5.74, 6) is -4.86. The minimum absolute atomic E-state index is 0. The number of aliphatic hydroxyl groups excluding tert-OH is 2. The van der Waals surface area contributed by atoms with Crippen LogP contribution in [-0.2, 0) is 83.1 Å². The molecular formula is C98H114Br3ClN11NaO23. The van der Waals surface area contributed by atoms with Crippen molar-refractivity contribution in [2.75, 3.05) is 124 Å². The molecule has 7 aromatic carbocycles. The number of aliphatic hydroxyl groups is 2. The Labute approximate surface area is 845 Å². The van der Waals surface area contributed by atoms with Gasteiger partial charge in [-0.15, -0.1) is 11.6 Å². The van der Waals surface area contributed by atoms with Crippen LogP contribution in [0.2, 0.25) is 0 Å². The third-order valence-electron chi connectivity index (χ3n) is 19.2. The number of likely N-dealkylation sites (N-methyl/N-ethyl adjacent to an activating group) is 2. The van der Waals surface area contributed by atoms with E-state index < -0.39 is 71.1 Å². The van der Waals surface area contributed by atoms with Crippen LogP contribution in [0.1, 0.15) is 53.3 Å². The molecule has 5 aliphatic rings. The van der Waals surface area contributed by atoms with E-state index in [4.69, 9.17) is 62.7 Å². The minimum atomic E-state index is -1.44. The van der Waals surface area contributed by atoms with E-state index >= 15 is 0 Å². The third-order valence-corrected chi connectivity index (χ3v) is 21.7. The number of phenolic OH excluding ortho intramolecular Hbond substituents is 1. The standard InChI is InChI=1S/C25H27N3O4.C13H12BrNO3.C13H20N2O3.C11H9NO3.C11H13NO3.C10H7NO3.C8H9NO2.C3H5ClO.C2H4Br2.C2H7N.Na.H2O/c1-4-28-14-19(17-9-5-7-11-20(17)28)23-22(24(30)26-25(23)31)18-10-6-8-12-21(18)32-15-16(29)13-27(2)3;1-18-13(17)12(16)10-8-15(7-6-14)11-5-3-2-4-9(10)11;1-15(2)8-11(16)9-18-12-6-4-3-5-10(12)7-13(14)17;1-15-11(14)10(13)8-6-12-9-5-3-2-4-7(8)9;12-11(13)5-8-3-1-2-4-10(8)15-7-9-6-14-9;12-9(10(13)14)7-5-11-8-4-2-1-3-6(7)8;9-8(11)5-6-3-1-2-4-7(6)10;4-1-3-2-5-3;3-1-2-4;1-3-2;;/h4-12,14,16-17,20,29H,1,13,15H2,2-3H3,(H,26,30,31);2-5,8H,6-7H2,1H3;3-6,11,16H,7-9H2,1-2H3,(H2,14,17);2-6,12H,1H3;1-4,9H,5-7H2,(H2,12,13);1-5,11H,(H,13,14);1-4,10H,5H2,(H2,9,11);3H,1-2H2;1-2H2;3H,1-2H3;;1H2/q;;;;;;;;;;+1;/p-1. The van der Waals surface area contributed by atoms with Crippen molar-refractivity contribution in [2.45, 2.75) is 56.3 Å². The number of H-pyrrole nitrogens is 2. The number of imide groups is 1. The summed E-state index contributed by atoms with van der Waals surface area (Å²) in [5, 5.41) is 47.8. The SMILES string of the molecule is BrCCBr.C=CN1C=C(C2=C(c3ccccc3OCC(O)CN(C)C)C(=O)NC2=O)C2C=CC=CC21.CN(C)CC(O)COc1ccccc1CC(N)=O.CNC.COC(=O)C(=O)c1c[nH]c2ccccc12.COC(=O)C(=O)c1cn(CCBr)c2ccccc12.ClCC1CO1.NC(=O)Cc1ccccc1O.NC(=O)Cc1ccccc1OCC1CO1.O=C(O)C(=O)c1c[nH]c2ccccc12.[Na+].[OH-]. The fraction of sp³-hybridized carbons (Fsp3) is 0.296. The smallest absolute Gasteiger partial charge is 0.870 e. The molecule has 0 bridgehead atoms. The summed E-state index contributed by atoms with van der Waals surface area (Å²) < 4.78 is 37.5. The number of halogens is 4. The maximum Gasteiger partial charge on any atom is 1.00 e. The number of hydrogen-bond acceptors (Lipinski definition) is 26. The molecule has 10 aromatic rings. The first-order valence-corrected chi connectivity index (χ1v) is 45.9. The van der Waals surface area contributed by atoms with Gasteiger partial charge in [-0.2, -0.15) is 0 Å². The van der Waals surface area contributed by atoms with Gasteiger partial charge in [-0.05, 0) is 96.5 Å². The van der Waals surface area contributed by atoms with E-state index in [-0.39, 0.29) is 108 Å². The summed E-state index contributed by atoms with van der Waals surface area (Å²) in [6.07, 6.45) is 16.0. The molecule has 6 atom stereocenters. The van der Waals surface area contributed by atoms with Gasteiger partial charge in [0, 0.05) is 121 Å². The molecule has 39 heteroatoms. The Balaban J connectivity index is 0.000000334. The number of ketones is 3. The summed E-state index contributed by atoms with van der Waals surface area (Å²) in [4.78, 5) is 137. The number of primary amides is 3. The number of rotatable bonds is 32. The number of carbonyl (C=O) groups excluding carboxylic acids is 10. The number of Topliss-reactive ketones (excluding diaryl/α,β-unsaturated/α-hetero) is 3. The van der Waals surface area contributed by atoms with Gasteiger partial charge in [0.1, 0.15) is 61.1 Å². The number of aliphatic carboxylic acids is 1. The summed E-state index contributed by atoms with van der Waals surface area (Å²) in [7, 11) is 13.6. The largest absolute Gasteiger partial charge is 1.00 e. The van der Waals surface area contributed by atoms with Gasteiger partial charge in [0.25, 0.3) is 29.2 Å². The van der Waals surface area contributed by atoms with E-state index in [0.717, 1.165) is 79.8 Å². The molecule has 137 heavy (non-hydrogen) atoms. The van der Waals surface area contributed by atoms with Crippen molar-refractivity contribution < 1.29 is 141 Å². The third kappa shape index (κ3) is 38.6. The van der Waals surface area contributed by atoms with Crippen molar-refractivity contribution in [3.05, 3.63) is 282 Å². The number of ether oxygens (including phenoxy) is 7. The second-order valence-corrected chi connectivity index (χ2v) is 32.9. The Morgan fingerprint density at radius 1 is 0.577 bits per heavy atom. The number of phenols is 1. The number of allylic oxidation sites excluding steroid dienone is 2. The van der Waals surface area contributed by atoms with Crippen LogP contribution in [0.15, 0.2) is 243 Å². The number of para-hydroxylation sites is 7. The van der Waals surface area contributed by atoms with Gasteiger partial charge in [0.15, 0.2) is 0 Å². The molecule has 2 fully saturated rings. The van der Waals surface area contributed by atoms with Gasteiger partial charge in [0.2, 0.25) is 17.7 Å². The van der Waals surface area contributed by atoms with Crippen LogP contribution in [0.25, 0.3) is 38.3 Å². The maximum absolute atomic E-state index is 12.9. The number of nitrogens with one attached hydrogen (secondary N) is 4. The van der Waals surface area contributed by atoms with Crippen LogP contribution >= 0.6 is 59.4 Å². The van der Waals surface area contributed by atoms with Crippen LogP contribution in [0, 0.1) is 5.92 Å². The molecular weight excluding hydrogens is 2000 g/mol. The zero-order valence-corrected chi connectivity index (χ0v) is 84.8. The van der Waals surface area contributed by atoms with Crippen molar-refractivity contribution in [3.8, 4) is 23.0 Å². The van der Waals surface area contributed by atoms with Crippen LogP contribution in [-0.4, -0.2) is 275 Å². The molecule has 2 saturated heterocycles. The van der Waals surface area contributed by atoms with Crippen LogP contribution < -0.4 is 71.6 Å². The van der Waals surface area contributed by atoms with E-state index in [2.05, 4.69) is 84.4 Å². The zero-order valence-electron chi connectivity index (χ0n) is 77.3. The van der Waals surface area contributed by atoms with E-state index in [1.807, 2.05) is 177 Å². The Morgan fingerprint density at radius 2 is 1.00 bits per heavy atom. The number of esters is 2. The van der Waals surface area contributed by atoms with E-state index in [9.17, 15) is 63.0 Å². The average molecular weight is 2110 g/mol. The Hall–Kier alpha value is -11.8. The van der Waals surface area contributed by atoms with E-state index in [1.165, 1.54) is 32.7 Å². The number of carboxylic acids is 1. The van der Waals surface area contributed by atoms with Gasteiger partial charge in [-0.3, -0.25) is 43.7 Å². The molecule has 0 radical (unpaired) electrons. The van der Waals surface area contributed by atoms with Crippen molar-refractivity contribution >= 4 is 162 Å². The second kappa shape index (κ2) is 62.2. The minimum Gasteiger partial charge on any atom is -0.870 e. The average Bonchev–Trinajstić information content (AvgIpc) is 1.59. The molecule has 0 saturated carbocycles. The summed E-state index contributed by atoms with van der Waals surface area (Å²) >= 11 is 15.0. The van der Waals surface area contributed by atoms with E-state index in [1.54, 1.807) is 91.3 Å². The molecule has 15 rings (SSSR count). The number of aryl methyl sites for hydroxylation is 1. The number of fused-ring (bicyclic) bond motifs is 4. The fourth-order valence-corrected chi connectivity index (χ4v) is 13.6. The predicted molar refractivity (Wildman–Crippen MR) is 529 cm³/mol. The molecule has 7 heterocycles. The number of carbonyl (C=O) groups is 11. The van der Waals surface area contributed by atoms with Crippen molar-refractivity contribution in [1.82, 2.24) is 39.9 Å². The number of aromatic nitrogens is 3. The number of nitrogens with zero attached hydrogens (tertiary/aromatic N) is 4. The number of hydrogen-bond donors (Lipinski definition) is 11. The summed E-state index contributed by atoms with van der Waals surface area (Å²) in [6.45, 7) is 8.01. The molecule has 1 aliphatic carbocycles. The summed E-state index contributed by atoms with van der Waals surface area (Å²) in [6, 6.07) is 50.2. The Kier molecular flexibility index (Phi) is 53.3. The van der Waals surface area contributed by atoms with Crippen molar-refractivity contribution in [3.63, 3.8) is 0 Å². The number of amides is 5. The first kappa shape index (κ1) is 118. The van der Waals surface area contributed by atoms with Gasteiger partial charge < -0.3 is 111 Å². The molecule has 6 unspecified atom stereocenters. The second-order valence-electron chi connectivity index (χ2n) is 30.2. The van der Waals surface area contributed by atoms with Gasteiger partial charge in [-0.1, -0.05) is 206 Å². The van der Waals surface area contributed by atoms with Gasteiger partial charge in [-0.25, -0.2) is 14.4 Å². The number of aromatic amines is 2.